The Morgan fingerprint density at radius 3 is 2.28 bits per heavy atom. The van der Waals surface area contributed by atoms with Crippen molar-refractivity contribution in [1.82, 2.24) is 4.90 Å². The van der Waals surface area contributed by atoms with Crippen LogP contribution in [0.5, 0.6) is 0 Å². The SMILES string of the molecule is CC(O)C1CCCN(C(=O)C2C(C)(C)C2(C)C)C1. The van der Waals surface area contributed by atoms with Crippen LogP contribution in [0.4, 0.5) is 0 Å². The lowest BCUT2D eigenvalue weighted by Gasteiger charge is -2.34. The molecule has 1 aliphatic heterocycles. The molecule has 104 valence electrons. The van der Waals surface area contributed by atoms with E-state index in [9.17, 15) is 9.90 Å². The zero-order valence-electron chi connectivity index (χ0n) is 12.4. The Morgan fingerprint density at radius 2 is 1.83 bits per heavy atom. The molecule has 0 aromatic heterocycles. The summed E-state index contributed by atoms with van der Waals surface area (Å²) in [6, 6.07) is 0. The van der Waals surface area contributed by atoms with Crippen LogP contribution < -0.4 is 0 Å². The molecule has 0 aromatic rings. The van der Waals surface area contributed by atoms with Gasteiger partial charge in [0.15, 0.2) is 0 Å². The maximum Gasteiger partial charge on any atom is 0.226 e. The third-order valence-corrected chi connectivity index (χ3v) is 5.72. The summed E-state index contributed by atoms with van der Waals surface area (Å²) in [5.74, 6) is 0.709. The molecular weight excluding hydrogens is 226 g/mol. The maximum atomic E-state index is 12.6. The average molecular weight is 253 g/mol. The van der Waals surface area contributed by atoms with E-state index in [0.29, 0.717) is 5.91 Å². The minimum absolute atomic E-state index is 0.113. The van der Waals surface area contributed by atoms with E-state index < -0.39 is 0 Å². The van der Waals surface area contributed by atoms with Crippen LogP contribution in [-0.2, 0) is 4.79 Å². The lowest BCUT2D eigenvalue weighted by atomic mass is 9.93. The van der Waals surface area contributed by atoms with Crippen LogP contribution in [0.1, 0.15) is 47.5 Å². The number of carbonyl (C=O) groups is 1. The quantitative estimate of drug-likeness (QED) is 0.820. The normalized spacial score (nSPS) is 32.1. The van der Waals surface area contributed by atoms with Crippen molar-refractivity contribution in [2.75, 3.05) is 13.1 Å². The van der Waals surface area contributed by atoms with Crippen LogP contribution in [0.2, 0.25) is 0 Å². The van der Waals surface area contributed by atoms with E-state index in [1.165, 1.54) is 0 Å². The monoisotopic (exact) mass is 253 g/mol. The highest BCUT2D eigenvalue weighted by molar-refractivity contribution is 5.84. The summed E-state index contributed by atoms with van der Waals surface area (Å²) >= 11 is 0. The molecule has 0 spiro atoms. The Morgan fingerprint density at radius 1 is 1.28 bits per heavy atom. The van der Waals surface area contributed by atoms with Crippen molar-refractivity contribution in [2.24, 2.45) is 22.7 Å². The number of amides is 1. The second-order valence-corrected chi connectivity index (χ2v) is 7.30. The van der Waals surface area contributed by atoms with Gasteiger partial charge in [0.2, 0.25) is 5.91 Å². The molecule has 2 atom stereocenters. The first-order valence-electron chi connectivity index (χ1n) is 7.16. The summed E-state index contributed by atoms with van der Waals surface area (Å²) in [7, 11) is 0. The van der Waals surface area contributed by atoms with Gasteiger partial charge in [-0.3, -0.25) is 4.79 Å². The highest BCUT2D eigenvalue weighted by Gasteiger charge is 2.68. The summed E-state index contributed by atoms with van der Waals surface area (Å²) in [5, 5.41) is 9.70. The molecule has 3 heteroatoms. The second-order valence-electron chi connectivity index (χ2n) is 7.30. The number of nitrogens with zero attached hydrogens (tertiary/aromatic N) is 1. The highest BCUT2D eigenvalue weighted by Crippen LogP contribution is 2.68. The molecule has 18 heavy (non-hydrogen) atoms. The molecule has 3 nitrogen and oxygen atoms in total. The van der Waals surface area contributed by atoms with E-state index in [4.69, 9.17) is 0 Å². The molecule has 2 unspecified atom stereocenters. The molecule has 1 heterocycles. The number of aliphatic hydroxyl groups is 1. The number of piperidine rings is 1. The predicted octanol–water partition coefficient (Wildman–Crippen LogP) is 2.29. The van der Waals surface area contributed by atoms with Crippen LogP contribution in [0, 0.1) is 22.7 Å². The van der Waals surface area contributed by atoms with Crippen LogP contribution in [0.3, 0.4) is 0 Å². The van der Waals surface area contributed by atoms with Gasteiger partial charge in [-0.25, -0.2) is 0 Å². The van der Waals surface area contributed by atoms with Gasteiger partial charge in [0.25, 0.3) is 0 Å². The van der Waals surface area contributed by atoms with Crippen molar-refractivity contribution in [3.05, 3.63) is 0 Å². The van der Waals surface area contributed by atoms with E-state index in [-0.39, 0.29) is 28.8 Å². The first-order chi connectivity index (χ1) is 8.19. The van der Waals surface area contributed by atoms with Gasteiger partial charge in [-0.15, -0.1) is 0 Å². The molecule has 2 rings (SSSR count). The van der Waals surface area contributed by atoms with E-state index in [1.54, 1.807) is 0 Å². The van der Waals surface area contributed by atoms with Gasteiger partial charge in [-0.2, -0.15) is 0 Å². The molecule has 0 bridgehead atoms. The van der Waals surface area contributed by atoms with Gasteiger partial charge >= 0.3 is 0 Å². The van der Waals surface area contributed by atoms with E-state index in [1.807, 2.05) is 11.8 Å². The van der Waals surface area contributed by atoms with Crippen LogP contribution in [-0.4, -0.2) is 35.1 Å². The smallest absolute Gasteiger partial charge is 0.226 e. The summed E-state index contributed by atoms with van der Waals surface area (Å²) in [4.78, 5) is 14.6. The maximum absolute atomic E-state index is 12.6. The van der Waals surface area contributed by atoms with Crippen molar-refractivity contribution in [3.8, 4) is 0 Å². The Kier molecular flexibility index (Phi) is 3.25. The fourth-order valence-electron chi connectivity index (χ4n) is 3.60. The third-order valence-electron chi connectivity index (χ3n) is 5.72. The molecule has 1 saturated heterocycles. The largest absolute Gasteiger partial charge is 0.393 e. The zero-order chi connectivity index (χ0) is 13.7. The Bertz CT molecular complexity index is 332. The van der Waals surface area contributed by atoms with Crippen LogP contribution in [0.25, 0.3) is 0 Å². The summed E-state index contributed by atoms with van der Waals surface area (Å²) in [6.45, 7) is 12.2. The molecule has 1 aliphatic carbocycles. The lowest BCUT2D eigenvalue weighted by Crippen LogP contribution is -2.44. The average Bonchev–Trinajstić information content (AvgIpc) is 2.69. The van der Waals surface area contributed by atoms with Crippen molar-refractivity contribution in [2.45, 2.75) is 53.6 Å². The van der Waals surface area contributed by atoms with Crippen molar-refractivity contribution < 1.29 is 9.90 Å². The number of aliphatic hydroxyl groups excluding tert-OH is 1. The van der Waals surface area contributed by atoms with Gasteiger partial charge in [-0.05, 0) is 30.6 Å². The third kappa shape index (κ3) is 1.97. The second kappa shape index (κ2) is 4.22. The fourth-order valence-corrected chi connectivity index (χ4v) is 3.60. The van der Waals surface area contributed by atoms with Crippen molar-refractivity contribution >= 4 is 5.91 Å². The van der Waals surface area contributed by atoms with E-state index in [2.05, 4.69) is 27.7 Å². The standard InChI is InChI=1S/C15H27NO2/c1-10(17)11-7-6-8-16(9-11)13(18)12-14(2,3)15(12,4)5/h10-12,17H,6-9H2,1-5H3. The van der Waals surface area contributed by atoms with E-state index >= 15 is 0 Å². The molecule has 2 fully saturated rings. The highest BCUT2D eigenvalue weighted by atomic mass is 16.3. The minimum Gasteiger partial charge on any atom is -0.393 e. The number of hydrogen-bond donors (Lipinski definition) is 1. The molecule has 1 saturated carbocycles. The Labute approximate surface area is 111 Å². The van der Waals surface area contributed by atoms with Crippen LogP contribution in [0.15, 0.2) is 0 Å². The Hall–Kier alpha value is -0.570. The van der Waals surface area contributed by atoms with Gasteiger partial charge < -0.3 is 10.0 Å². The molecular formula is C15H27NO2. The Balaban J connectivity index is 2.03. The predicted molar refractivity (Wildman–Crippen MR) is 72.0 cm³/mol. The number of rotatable bonds is 2. The van der Waals surface area contributed by atoms with Gasteiger partial charge in [-0.1, -0.05) is 27.7 Å². The van der Waals surface area contributed by atoms with Gasteiger partial charge in [0, 0.05) is 24.9 Å². The fraction of sp³-hybridized carbons (Fsp3) is 0.933. The molecule has 1 N–H and O–H groups in total. The summed E-state index contributed by atoms with van der Waals surface area (Å²) < 4.78 is 0. The van der Waals surface area contributed by atoms with Gasteiger partial charge in [0.1, 0.15) is 0 Å². The van der Waals surface area contributed by atoms with E-state index in [0.717, 1.165) is 25.9 Å². The molecule has 2 aliphatic rings. The molecule has 0 radical (unpaired) electrons. The first kappa shape index (κ1) is 13.9. The van der Waals surface area contributed by atoms with Crippen LogP contribution >= 0.6 is 0 Å². The molecule has 0 aromatic carbocycles. The zero-order valence-corrected chi connectivity index (χ0v) is 12.4. The lowest BCUT2D eigenvalue weighted by molar-refractivity contribution is -0.136. The topological polar surface area (TPSA) is 40.5 Å². The number of likely N-dealkylation sites (tertiary alicyclic amines) is 1. The minimum atomic E-state index is -0.305. The van der Waals surface area contributed by atoms with Gasteiger partial charge in [0.05, 0.1) is 6.10 Å². The summed E-state index contributed by atoms with van der Waals surface area (Å²) in [6.07, 6.45) is 1.76. The first-order valence-corrected chi connectivity index (χ1v) is 7.16. The number of carbonyl (C=O) groups excluding carboxylic acids is 1. The van der Waals surface area contributed by atoms with Crippen molar-refractivity contribution in [3.63, 3.8) is 0 Å². The molecule has 1 amide bonds. The summed E-state index contributed by atoms with van der Waals surface area (Å²) in [5.41, 5.74) is 0.226. The van der Waals surface area contributed by atoms with Crippen molar-refractivity contribution in [1.29, 1.82) is 0 Å². The number of hydrogen-bond acceptors (Lipinski definition) is 2.